The maximum absolute atomic E-state index is 14.8. The van der Waals surface area contributed by atoms with E-state index in [0.717, 1.165) is 39.7 Å². The van der Waals surface area contributed by atoms with E-state index in [4.69, 9.17) is 5.10 Å². The van der Waals surface area contributed by atoms with Crippen molar-refractivity contribution in [2.75, 3.05) is 0 Å². The third-order valence-corrected chi connectivity index (χ3v) is 6.63. The molecule has 32 heavy (non-hydrogen) atoms. The summed E-state index contributed by atoms with van der Waals surface area (Å²) in [6.45, 7) is 2.08. The van der Waals surface area contributed by atoms with E-state index in [1.807, 2.05) is 65.3 Å². The summed E-state index contributed by atoms with van der Waals surface area (Å²) in [7, 11) is 0. The maximum Gasteiger partial charge on any atom is 0.139 e. The number of rotatable bonds is 5. The number of aromatic nitrogens is 2. The van der Waals surface area contributed by atoms with Crippen molar-refractivity contribution in [2.24, 2.45) is 0 Å². The predicted molar refractivity (Wildman–Crippen MR) is 131 cm³/mol. The Balaban J connectivity index is 2.00. The van der Waals surface area contributed by atoms with Gasteiger partial charge in [0.25, 0.3) is 0 Å². The van der Waals surface area contributed by atoms with Crippen molar-refractivity contribution < 1.29 is 4.39 Å². The van der Waals surface area contributed by atoms with Crippen LogP contribution in [0.15, 0.2) is 108 Å². The molecule has 0 radical (unpaired) electrons. The number of hydrogen-bond donors (Lipinski definition) is 0. The van der Waals surface area contributed by atoms with E-state index in [1.54, 1.807) is 6.07 Å². The molecule has 0 amide bonds. The molecule has 0 aliphatic rings. The smallest absolute Gasteiger partial charge is 0.139 e. The molecule has 0 aliphatic carbocycles. The largest absolute Gasteiger partial charge is 0.245 e. The zero-order valence-electron chi connectivity index (χ0n) is 17.7. The first kappa shape index (κ1) is 20.7. The Bertz CT molecular complexity index is 1270. The van der Waals surface area contributed by atoms with Crippen molar-refractivity contribution in [1.29, 1.82) is 0 Å². The first-order valence-corrected chi connectivity index (χ1v) is 11.5. The lowest BCUT2D eigenvalue weighted by Crippen LogP contribution is -2.38. The van der Waals surface area contributed by atoms with Crippen molar-refractivity contribution in [3.05, 3.63) is 136 Å². The van der Waals surface area contributed by atoms with E-state index in [2.05, 4.69) is 59.3 Å². The van der Waals surface area contributed by atoms with Gasteiger partial charge in [0.15, 0.2) is 0 Å². The Morgan fingerprint density at radius 3 is 1.69 bits per heavy atom. The lowest BCUT2D eigenvalue weighted by Gasteiger charge is -2.37. The van der Waals surface area contributed by atoms with Crippen LogP contribution in [0.25, 0.3) is 10.9 Å². The second-order valence-electron chi connectivity index (χ2n) is 7.80. The molecule has 1 heterocycles. The van der Waals surface area contributed by atoms with Gasteiger partial charge in [-0.1, -0.05) is 97.9 Å². The van der Waals surface area contributed by atoms with Crippen LogP contribution in [0.5, 0.6) is 0 Å². The molecule has 0 atom stereocenters. The van der Waals surface area contributed by atoms with Crippen molar-refractivity contribution in [3.8, 4) is 0 Å². The monoisotopic (exact) mass is 484 g/mol. The first-order valence-electron chi connectivity index (χ1n) is 10.7. The zero-order chi connectivity index (χ0) is 22.1. The summed E-state index contributed by atoms with van der Waals surface area (Å²) < 4.78 is 17.3. The second kappa shape index (κ2) is 8.36. The highest BCUT2D eigenvalue weighted by Crippen LogP contribution is 2.43. The van der Waals surface area contributed by atoms with Crippen LogP contribution < -0.4 is 0 Å². The minimum atomic E-state index is -0.768. The van der Waals surface area contributed by atoms with Gasteiger partial charge in [0, 0.05) is 11.5 Å². The molecule has 0 N–H and O–H groups in total. The third-order valence-electron chi connectivity index (χ3n) is 6.03. The highest BCUT2D eigenvalue weighted by atomic mass is 79.9. The van der Waals surface area contributed by atoms with Crippen molar-refractivity contribution >= 4 is 26.8 Å². The molecule has 0 saturated heterocycles. The molecule has 1 aromatic heterocycles. The fourth-order valence-electron chi connectivity index (χ4n) is 4.59. The Hall–Kier alpha value is -3.24. The molecule has 5 aromatic rings. The summed E-state index contributed by atoms with van der Waals surface area (Å²) >= 11 is 3.36. The number of nitrogens with zero attached hydrogens (tertiary/aromatic N) is 2. The van der Waals surface area contributed by atoms with Crippen LogP contribution in [-0.2, 0) is 12.0 Å². The Morgan fingerprint density at radius 2 is 1.25 bits per heavy atom. The molecule has 158 valence electrons. The fourth-order valence-corrected chi connectivity index (χ4v) is 4.94. The Labute approximate surface area is 195 Å². The summed E-state index contributed by atoms with van der Waals surface area (Å²) in [5, 5.41) is 6.07. The molecule has 0 unspecified atom stereocenters. The number of halogens is 2. The quantitative estimate of drug-likeness (QED) is 0.238. The van der Waals surface area contributed by atoms with Crippen molar-refractivity contribution in [3.63, 3.8) is 0 Å². The average Bonchev–Trinajstić information content (AvgIpc) is 3.19. The lowest BCUT2D eigenvalue weighted by molar-refractivity contribution is 0.471. The summed E-state index contributed by atoms with van der Waals surface area (Å²) in [5.41, 5.74) is 4.12. The van der Waals surface area contributed by atoms with Crippen LogP contribution in [0, 0.1) is 5.82 Å². The molecule has 0 aliphatic heterocycles. The normalized spacial score (nSPS) is 11.7. The standard InChI is InChI=1S/C28H22BrFN2/c1-2-26-23-18-24(29)25(30)19-27(23)32(31-26)28(20-12-6-3-7-13-20,21-14-8-4-9-15-21)22-16-10-5-11-17-22/h3-19H,2H2,1H3. The van der Waals surface area contributed by atoms with E-state index >= 15 is 0 Å². The fraction of sp³-hybridized carbons (Fsp3) is 0.107. The Kier molecular flexibility index (Phi) is 5.40. The van der Waals surface area contributed by atoms with Crippen LogP contribution in [0.1, 0.15) is 29.3 Å². The van der Waals surface area contributed by atoms with E-state index < -0.39 is 5.54 Å². The zero-order valence-corrected chi connectivity index (χ0v) is 19.3. The van der Waals surface area contributed by atoms with Crippen molar-refractivity contribution in [1.82, 2.24) is 9.78 Å². The molecule has 2 nitrogen and oxygen atoms in total. The van der Waals surface area contributed by atoms with Crippen LogP contribution >= 0.6 is 15.9 Å². The van der Waals surface area contributed by atoms with Gasteiger partial charge in [-0.2, -0.15) is 5.10 Å². The number of aryl methyl sites for hydroxylation is 1. The summed E-state index contributed by atoms with van der Waals surface area (Å²) in [6, 6.07) is 34.4. The minimum Gasteiger partial charge on any atom is -0.245 e. The SMILES string of the molecule is CCc1nn(C(c2ccccc2)(c2ccccc2)c2ccccc2)c2cc(F)c(Br)cc12. The molecule has 4 aromatic carbocycles. The predicted octanol–water partition coefficient (Wildman–Crippen LogP) is 7.34. The molecular formula is C28H22BrFN2. The van der Waals surface area contributed by atoms with E-state index in [0.29, 0.717) is 4.47 Å². The lowest BCUT2D eigenvalue weighted by atomic mass is 9.77. The van der Waals surface area contributed by atoms with Gasteiger partial charge >= 0.3 is 0 Å². The van der Waals surface area contributed by atoms with Gasteiger partial charge in [0.2, 0.25) is 0 Å². The molecule has 0 bridgehead atoms. The number of hydrogen-bond acceptors (Lipinski definition) is 1. The van der Waals surface area contributed by atoms with Crippen LogP contribution in [0.3, 0.4) is 0 Å². The van der Waals surface area contributed by atoms with Crippen LogP contribution in [-0.4, -0.2) is 9.78 Å². The van der Waals surface area contributed by atoms with E-state index in [1.165, 1.54) is 0 Å². The highest BCUT2D eigenvalue weighted by molar-refractivity contribution is 9.10. The van der Waals surface area contributed by atoms with Gasteiger partial charge in [-0.3, -0.25) is 0 Å². The van der Waals surface area contributed by atoms with Gasteiger partial charge in [-0.25, -0.2) is 9.07 Å². The third kappa shape index (κ3) is 3.18. The van der Waals surface area contributed by atoms with Gasteiger partial charge in [0.1, 0.15) is 11.4 Å². The van der Waals surface area contributed by atoms with Crippen LogP contribution in [0.4, 0.5) is 4.39 Å². The average molecular weight is 485 g/mol. The van der Waals surface area contributed by atoms with Crippen LogP contribution in [0.2, 0.25) is 0 Å². The topological polar surface area (TPSA) is 17.8 Å². The van der Waals surface area contributed by atoms with E-state index in [-0.39, 0.29) is 5.82 Å². The number of fused-ring (bicyclic) bond motifs is 1. The Morgan fingerprint density at radius 1 is 0.781 bits per heavy atom. The molecule has 0 spiro atoms. The molecule has 0 fully saturated rings. The maximum atomic E-state index is 14.8. The van der Waals surface area contributed by atoms with Gasteiger partial charge in [-0.15, -0.1) is 0 Å². The minimum absolute atomic E-state index is 0.301. The van der Waals surface area contributed by atoms with E-state index in [9.17, 15) is 4.39 Å². The van der Waals surface area contributed by atoms with Gasteiger partial charge < -0.3 is 0 Å². The molecular weight excluding hydrogens is 463 g/mol. The molecule has 5 rings (SSSR count). The van der Waals surface area contributed by atoms with Gasteiger partial charge in [0.05, 0.1) is 15.7 Å². The van der Waals surface area contributed by atoms with Gasteiger partial charge in [-0.05, 0) is 45.1 Å². The highest BCUT2D eigenvalue weighted by Gasteiger charge is 2.40. The summed E-state index contributed by atoms with van der Waals surface area (Å²) in [4.78, 5) is 0. The number of benzene rings is 4. The summed E-state index contributed by atoms with van der Waals surface area (Å²) in [5.74, 6) is -0.301. The molecule has 4 heteroatoms. The van der Waals surface area contributed by atoms with Crippen molar-refractivity contribution in [2.45, 2.75) is 18.9 Å². The summed E-state index contributed by atoms with van der Waals surface area (Å²) in [6.07, 6.45) is 0.746. The molecule has 0 saturated carbocycles. The second-order valence-corrected chi connectivity index (χ2v) is 8.66. The first-order chi connectivity index (χ1) is 15.7.